The molecule has 3 atom stereocenters. The molecule has 14 nitrogen and oxygen atoms in total. The molecule has 0 spiro atoms. The topological polar surface area (TPSA) is 168 Å². The highest BCUT2D eigenvalue weighted by Crippen LogP contribution is 2.29. The molecule has 2 aromatic rings. The van der Waals surface area contributed by atoms with Gasteiger partial charge in [0.1, 0.15) is 17.5 Å². The first-order valence-electron chi connectivity index (χ1n) is 16.4. The van der Waals surface area contributed by atoms with E-state index in [1.54, 1.807) is 31.2 Å². The largest absolute Gasteiger partial charge is 0.483 e. The number of aromatic nitrogens is 1. The summed E-state index contributed by atoms with van der Waals surface area (Å²) in [6.45, 7) is 4.00. The first kappa shape index (κ1) is 33.9. The van der Waals surface area contributed by atoms with Gasteiger partial charge in [0, 0.05) is 57.2 Å². The van der Waals surface area contributed by atoms with E-state index in [4.69, 9.17) is 14.2 Å². The van der Waals surface area contributed by atoms with Gasteiger partial charge in [0.15, 0.2) is 6.61 Å². The van der Waals surface area contributed by atoms with Crippen LogP contribution in [0.2, 0.25) is 0 Å². The Kier molecular flexibility index (Phi) is 11.5. The molecule has 14 heteroatoms. The number of hydrogen-bond acceptors (Lipinski definition) is 9. The van der Waals surface area contributed by atoms with Gasteiger partial charge in [-0.3, -0.25) is 19.2 Å². The summed E-state index contributed by atoms with van der Waals surface area (Å²) in [6.07, 6.45) is 3.87. The molecular weight excluding hydrogens is 610 g/mol. The quantitative estimate of drug-likeness (QED) is 0.368. The van der Waals surface area contributed by atoms with E-state index in [-0.39, 0.29) is 76.0 Å². The number of carbonyl (C=O) groups is 5. The Hall–Kier alpha value is -4.46. The van der Waals surface area contributed by atoms with Crippen LogP contribution in [0.5, 0.6) is 5.75 Å². The summed E-state index contributed by atoms with van der Waals surface area (Å²) in [5, 5.41) is 12.6. The van der Waals surface area contributed by atoms with Crippen LogP contribution in [0, 0.1) is 0 Å². The van der Waals surface area contributed by atoms with E-state index in [2.05, 4.69) is 10.3 Å². The maximum atomic E-state index is 13.6. The first-order valence-corrected chi connectivity index (χ1v) is 16.4. The number of carboxylic acids is 1. The molecule has 0 aliphatic carbocycles. The van der Waals surface area contributed by atoms with Crippen molar-refractivity contribution in [3.63, 3.8) is 0 Å². The van der Waals surface area contributed by atoms with Gasteiger partial charge in [-0.1, -0.05) is 12.1 Å². The van der Waals surface area contributed by atoms with Crippen molar-refractivity contribution in [1.82, 2.24) is 25.0 Å². The van der Waals surface area contributed by atoms with E-state index in [0.29, 0.717) is 29.8 Å². The predicted octanol–water partition coefficient (Wildman–Crippen LogP) is 2.44. The highest BCUT2D eigenvalue weighted by Gasteiger charge is 2.36. The molecular formula is C33H43N5O9. The molecule has 3 fully saturated rings. The van der Waals surface area contributed by atoms with Gasteiger partial charge in [-0.2, -0.15) is 0 Å². The first-order chi connectivity index (χ1) is 22.7. The van der Waals surface area contributed by atoms with Crippen LogP contribution in [0.25, 0.3) is 10.9 Å². The van der Waals surface area contributed by atoms with Crippen LogP contribution >= 0.6 is 0 Å². The summed E-state index contributed by atoms with van der Waals surface area (Å²) >= 11 is 0. The number of rotatable bonds is 11. The molecule has 3 aliphatic rings. The third kappa shape index (κ3) is 8.47. The molecule has 47 heavy (non-hydrogen) atoms. The molecule has 4 amide bonds. The highest BCUT2D eigenvalue weighted by atomic mass is 16.6. The van der Waals surface area contributed by atoms with Crippen molar-refractivity contribution in [2.24, 2.45) is 0 Å². The molecule has 2 N–H and O–H groups in total. The number of piperazine rings is 1. The van der Waals surface area contributed by atoms with Gasteiger partial charge in [-0.15, -0.1) is 0 Å². The molecule has 2 unspecified atom stereocenters. The summed E-state index contributed by atoms with van der Waals surface area (Å²) in [6, 6.07) is 7.39. The smallest absolute Gasteiger partial charge is 0.409 e. The van der Waals surface area contributed by atoms with Gasteiger partial charge in [-0.25, -0.2) is 9.78 Å². The maximum absolute atomic E-state index is 13.6. The number of piperidine rings is 1. The predicted molar refractivity (Wildman–Crippen MR) is 169 cm³/mol. The SMILES string of the molecule is CCOC(=O)N1CCN(C(=O)C(CCC(=O)O)NC(=O)c2cc(OCC(=O)N3CCCCC3[C@@H]3CCCO3)c3ccccc3n2)CC1. The zero-order valence-corrected chi connectivity index (χ0v) is 26.7. The van der Waals surface area contributed by atoms with Gasteiger partial charge in [-0.05, 0) is 57.6 Å². The van der Waals surface area contributed by atoms with E-state index < -0.39 is 29.9 Å². The van der Waals surface area contributed by atoms with Crippen molar-refractivity contribution in [2.75, 3.05) is 52.5 Å². The lowest BCUT2D eigenvalue weighted by Crippen LogP contribution is -2.56. The van der Waals surface area contributed by atoms with Gasteiger partial charge < -0.3 is 39.3 Å². The Morgan fingerprint density at radius 3 is 2.51 bits per heavy atom. The third-order valence-corrected chi connectivity index (χ3v) is 8.89. The van der Waals surface area contributed by atoms with E-state index in [1.165, 1.54) is 15.9 Å². The van der Waals surface area contributed by atoms with Crippen LogP contribution < -0.4 is 10.1 Å². The zero-order chi connectivity index (χ0) is 33.3. The summed E-state index contributed by atoms with van der Waals surface area (Å²) in [5.74, 6) is -2.10. The normalized spacial score (nSPS) is 20.5. The molecule has 3 aliphatic heterocycles. The van der Waals surface area contributed by atoms with Crippen LogP contribution in [0.15, 0.2) is 30.3 Å². The maximum Gasteiger partial charge on any atom is 0.409 e. The van der Waals surface area contributed by atoms with Gasteiger partial charge in [0.2, 0.25) is 5.91 Å². The summed E-state index contributed by atoms with van der Waals surface area (Å²) in [5.41, 5.74) is 0.419. The molecule has 4 heterocycles. The lowest BCUT2D eigenvalue weighted by Gasteiger charge is -2.38. The van der Waals surface area contributed by atoms with Gasteiger partial charge >= 0.3 is 12.1 Å². The fraction of sp³-hybridized carbons (Fsp3) is 0.576. The number of likely N-dealkylation sites (tertiary alicyclic amines) is 1. The molecule has 254 valence electrons. The van der Waals surface area contributed by atoms with Crippen LogP contribution in [0.1, 0.15) is 62.4 Å². The number of nitrogens with zero attached hydrogens (tertiary/aromatic N) is 4. The molecule has 5 rings (SSSR count). The Morgan fingerprint density at radius 2 is 1.79 bits per heavy atom. The van der Waals surface area contributed by atoms with E-state index in [9.17, 15) is 29.1 Å². The van der Waals surface area contributed by atoms with Crippen LogP contribution in [-0.2, 0) is 23.9 Å². The zero-order valence-electron chi connectivity index (χ0n) is 26.7. The summed E-state index contributed by atoms with van der Waals surface area (Å²) < 4.78 is 17.0. The number of para-hydroxylation sites is 1. The number of benzene rings is 1. The van der Waals surface area contributed by atoms with Crippen molar-refractivity contribution >= 4 is 40.7 Å². The average Bonchev–Trinajstić information content (AvgIpc) is 3.63. The molecule has 1 aromatic heterocycles. The van der Waals surface area contributed by atoms with Crippen molar-refractivity contribution in [1.29, 1.82) is 0 Å². The third-order valence-electron chi connectivity index (χ3n) is 8.89. The number of hydrogen-bond donors (Lipinski definition) is 2. The van der Waals surface area contributed by atoms with Crippen molar-refractivity contribution in [3.05, 3.63) is 36.0 Å². The fourth-order valence-electron chi connectivity index (χ4n) is 6.46. The molecule has 0 saturated carbocycles. The fourth-order valence-corrected chi connectivity index (χ4v) is 6.46. The monoisotopic (exact) mass is 653 g/mol. The summed E-state index contributed by atoms with van der Waals surface area (Å²) in [4.78, 5) is 73.3. The average molecular weight is 654 g/mol. The molecule has 1 aromatic carbocycles. The number of aliphatic carboxylic acids is 1. The van der Waals surface area contributed by atoms with Crippen LogP contribution in [0.3, 0.4) is 0 Å². The van der Waals surface area contributed by atoms with Crippen LogP contribution in [-0.4, -0.2) is 125 Å². The van der Waals surface area contributed by atoms with Crippen molar-refractivity contribution in [2.45, 2.75) is 70.1 Å². The lowest BCUT2D eigenvalue weighted by atomic mass is 9.95. The Morgan fingerprint density at radius 1 is 1.02 bits per heavy atom. The highest BCUT2D eigenvalue weighted by molar-refractivity contribution is 5.99. The minimum absolute atomic E-state index is 0.0197. The Labute approximate surface area is 273 Å². The number of amides is 4. The van der Waals surface area contributed by atoms with E-state index in [1.807, 2.05) is 4.90 Å². The van der Waals surface area contributed by atoms with Crippen LogP contribution in [0.4, 0.5) is 4.79 Å². The second kappa shape index (κ2) is 15.9. The number of pyridine rings is 1. The molecule has 0 radical (unpaired) electrons. The second-order valence-corrected chi connectivity index (χ2v) is 12.0. The van der Waals surface area contributed by atoms with E-state index in [0.717, 1.165) is 32.1 Å². The number of fused-ring (bicyclic) bond motifs is 1. The van der Waals surface area contributed by atoms with Gasteiger partial charge in [0.05, 0.1) is 24.3 Å². The summed E-state index contributed by atoms with van der Waals surface area (Å²) in [7, 11) is 0. The molecule has 0 bridgehead atoms. The van der Waals surface area contributed by atoms with Gasteiger partial charge in [0.25, 0.3) is 11.8 Å². The number of carbonyl (C=O) groups excluding carboxylic acids is 4. The number of ether oxygens (including phenoxy) is 3. The molecule has 3 saturated heterocycles. The standard InChI is InChI=1S/C33H43N5O9/c1-2-45-33(44)37-17-15-36(16-18-37)32(43)24(12-13-30(40)41)35-31(42)25-20-28(22-8-3-4-9-23(22)34-25)47-21-29(39)38-14-6-5-10-26(38)27-11-7-19-46-27/h3-4,8-9,20,24,26-27H,2,5-7,10-19,21H2,1H3,(H,35,42)(H,40,41)/t24?,26?,27-/m0/s1. The van der Waals surface area contributed by atoms with Crippen molar-refractivity contribution in [3.8, 4) is 5.75 Å². The van der Waals surface area contributed by atoms with Crippen molar-refractivity contribution < 1.29 is 43.3 Å². The minimum Gasteiger partial charge on any atom is -0.483 e. The Balaban J connectivity index is 1.29. The minimum atomic E-state index is -1.14. The number of nitrogens with one attached hydrogen (secondary N) is 1. The Bertz CT molecular complexity index is 1460. The number of carboxylic acid groups (broad SMARTS) is 1. The lowest BCUT2D eigenvalue weighted by molar-refractivity contribution is -0.140. The van der Waals surface area contributed by atoms with E-state index >= 15 is 0 Å². The second-order valence-electron chi connectivity index (χ2n) is 12.0.